The first kappa shape index (κ1) is 28.4. The lowest BCUT2D eigenvalue weighted by molar-refractivity contribution is -0.910. The number of hydrogen-bond acceptors (Lipinski definition) is 6. The number of pyridine rings is 1. The number of fused-ring (bicyclic) bond motifs is 1. The highest BCUT2D eigenvalue weighted by atomic mass is 35.5. The Morgan fingerprint density at radius 3 is 2.35 bits per heavy atom. The van der Waals surface area contributed by atoms with Gasteiger partial charge < -0.3 is 20.1 Å². The van der Waals surface area contributed by atoms with Crippen LogP contribution in [0.3, 0.4) is 0 Å². The molecule has 1 saturated heterocycles. The molecule has 0 saturated carbocycles. The van der Waals surface area contributed by atoms with Crippen molar-refractivity contribution in [2.45, 2.75) is 25.7 Å². The highest BCUT2D eigenvalue weighted by Gasteiger charge is 2.29. The van der Waals surface area contributed by atoms with Gasteiger partial charge in [-0.3, -0.25) is 9.20 Å². The molecule has 1 fully saturated rings. The monoisotopic (exact) mass is 560 g/mol. The van der Waals surface area contributed by atoms with E-state index in [0.717, 1.165) is 21.7 Å². The molecule has 1 atom stereocenters. The van der Waals surface area contributed by atoms with Crippen LogP contribution in [-0.2, 0) is 21.2 Å². The van der Waals surface area contributed by atoms with Crippen molar-refractivity contribution in [1.29, 1.82) is 0 Å². The van der Waals surface area contributed by atoms with Crippen molar-refractivity contribution in [2.75, 3.05) is 24.6 Å². The van der Waals surface area contributed by atoms with E-state index >= 15 is 0 Å². The van der Waals surface area contributed by atoms with Crippen molar-refractivity contribution >= 4 is 38.8 Å². The number of sulfone groups is 1. The third-order valence-electron chi connectivity index (χ3n) is 5.73. The number of carboxylic acids is 1. The predicted octanol–water partition coefficient (Wildman–Crippen LogP) is 0.591. The summed E-state index contributed by atoms with van der Waals surface area (Å²) in [5.74, 6) is -2.60. The Bertz CT molecular complexity index is 1380. The van der Waals surface area contributed by atoms with Crippen molar-refractivity contribution in [3.8, 4) is 0 Å². The Morgan fingerprint density at radius 1 is 1.16 bits per heavy atom. The van der Waals surface area contributed by atoms with Gasteiger partial charge in [0.15, 0.2) is 9.84 Å². The quantitative estimate of drug-likeness (QED) is 0.471. The van der Waals surface area contributed by atoms with Crippen LogP contribution in [0.1, 0.15) is 34.8 Å². The number of halogens is 4. The number of benzene rings is 1. The number of rotatable bonds is 5. The van der Waals surface area contributed by atoms with Crippen LogP contribution >= 0.6 is 11.6 Å². The second-order valence-electron chi connectivity index (χ2n) is 8.42. The zero-order chi connectivity index (χ0) is 27.4. The number of carboxylic acid groups (broad SMARTS) is 1. The molecule has 4 rings (SSSR count). The van der Waals surface area contributed by atoms with Crippen LogP contribution in [0, 0.1) is 0 Å². The van der Waals surface area contributed by atoms with Gasteiger partial charge in [0.25, 0.3) is 5.91 Å². The second kappa shape index (κ2) is 11.5. The molecule has 1 aliphatic heterocycles. The Morgan fingerprint density at radius 2 is 1.76 bits per heavy atom. The summed E-state index contributed by atoms with van der Waals surface area (Å²) in [5.41, 5.74) is 2.49. The highest BCUT2D eigenvalue weighted by molar-refractivity contribution is 7.91. The van der Waals surface area contributed by atoms with Crippen molar-refractivity contribution in [2.24, 2.45) is 0 Å². The van der Waals surface area contributed by atoms with Gasteiger partial charge >= 0.3 is 6.18 Å². The van der Waals surface area contributed by atoms with Crippen molar-refractivity contribution in [3.63, 3.8) is 0 Å². The van der Waals surface area contributed by atoms with Crippen molar-refractivity contribution in [3.05, 3.63) is 70.8 Å². The average molecular weight is 561 g/mol. The van der Waals surface area contributed by atoms with Gasteiger partial charge in [-0.25, -0.2) is 13.4 Å². The number of quaternary nitrogens is 1. The lowest BCUT2D eigenvalue weighted by atomic mass is 10.1. The number of aromatic nitrogens is 2. The summed E-state index contributed by atoms with van der Waals surface area (Å²) in [6.07, 6.45) is -3.38. The van der Waals surface area contributed by atoms with Crippen LogP contribution in [0.15, 0.2) is 48.7 Å². The SMILES string of the molecule is CC(NC(=O)c1nc(C[NH+]2CCS(=O)(=O)CC2)c2ccccn12)c1ccccc1Cl.O=C([O-])C(F)(F)F. The molecular weight excluding hydrogens is 537 g/mol. The molecule has 3 heterocycles. The summed E-state index contributed by atoms with van der Waals surface area (Å²) in [7, 11) is -2.92. The lowest BCUT2D eigenvalue weighted by Crippen LogP contribution is -3.13. The highest BCUT2D eigenvalue weighted by Crippen LogP contribution is 2.23. The summed E-state index contributed by atoms with van der Waals surface area (Å²) in [6.45, 7) is 3.57. The van der Waals surface area contributed by atoms with Gasteiger partial charge in [-0.1, -0.05) is 35.9 Å². The van der Waals surface area contributed by atoms with E-state index in [-0.39, 0.29) is 23.5 Å². The van der Waals surface area contributed by atoms with E-state index in [2.05, 4.69) is 10.3 Å². The summed E-state index contributed by atoms with van der Waals surface area (Å²) >= 11 is 6.26. The van der Waals surface area contributed by atoms with Crippen molar-refractivity contribution in [1.82, 2.24) is 14.7 Å². The summed E-state index contributed by atoms with van der Waals surface area (Å²) in [4.78, 5) is 27.6. The van der Waals surface area contributed by atoms with Crippen molar-refractivity contribution < 1.29 is 41.2 Å². The smallest absolute Gasteiger partial charge is 0.430 e. The Kier molecular flexibility index (Phi) is 8.82. The van der Waals surface area contributed by atoms with Gasteiger partial charge in [0, 0.05) is 11.2 Å². The Balaban J connectivity index is 0.000000479. The van der Waals surface area contributed by atoms with Crippen LogP contribution in [0.5, 0.6) is 0 Å². The van der Waals surface area contributed by atoms with Crippen LogP contribution in [0.25, 0.3) is 5.52 Å². The molecule has 0 radical (unpaired) electrons. The molecular formula is C23H24ClF3N4O5S. The molecule has 2 aromatic heterocycles. The third kappa shape index (κ3) is 7.43. The van der Waals surface area contributed by atoms with E-state index in [1.165, 1.54) is 0 Å². The molecule has 9 nitrogen and oxygen atoms in total. The molecule has 0 spiro atoms. The first-order chi connectivity index (χ1) is 17.3. The Hall–Kier alpha value is -3.16. The number of carbonyl (C=O) groups is 2. The minimum absolute atomic E-state index is 0.191. The maximum absolute atomic E-state index is 13.0. The predicted molar refractivity (Wildman–Crippen MR) is 127 cm³/mol. The normalized spacial score (nSPS) is 16.5. The summed E-state index contributed by atoms with van der Waals surface area (Å²) < 4.78 is 56.7. The minimum Gasteiger partial charge on any atom is -0.542 e. The van der Waals surface area contributed by atoms with Gasteiger partial charge in [-0.15, -0.1) is 0 Å². The van der Waals surface area contributed by atoms with E-state index in [1.54, 1.807) is 10.5 Å². The molecule has 1 aromatic carbocycles. The van der Waals surface area contributed by atoms with E-state index in [0.29, 0.717) is 30.5 Å². The number of hydrogen-bond donors (Lipinski definition) is 2. The zero-order valence-corrected chi connectivity index (χ0v) is 21.2. The minimum atomic E-state index is -5.19. The fourth-order valence-corrected chi connectivity index (χ4v) is 5.50. The topological polar surface area (TPSA) is 125 Å². The number of amides is 1. The van der Waals surface area contributed by atoms with E-state index < -0.39 is 22.0 Å². The van der Waals surface area contributed by atoms with Crippen LogP contribution in [0.2, 0.25) is 5.02 Å². The van der Waals surface area contributed by atoms with Gasteiger partial charge in [0.2, 0.25) is 5.82 Å². The fraction of sp³-hybridized carbons (Fsp3) is 0.348. The summed E-state index contributed by atoms with van der Waals surface area (Å²) in [5, 5.41) is 12.4. The number of nitrogens with zero attached hydrogens (tertiary/aromatic N) is 2. The second-order valence-corrected chi connectivity index (χ2v) is 11.1. The molecule has 14 heteroatoms. The number of aliphatic carboxylic acids is 1. The average Bonchev–Trinajstić information content (AvgIpc) is 3.19. The maximum Gasteiger partial charge on any atom is 0.430 e. The molecule has 0 bridgehead atoms. The number of nitrogens with one attached hydrogen (secondary N) is 2. The molecule has 37 heavy (non-hydrogen) atoms. The molecule has 1 amide bonds. The Labute approximate surface area is 215 Å². The first-order valence-corrected chi connectivity index (χ1v) is 13.3. The van der Waals surface area contributed by atoms with Gasteiger partial charge in [-0.2, -0.15) is 13.2 Å². The van der Waals surface area contributed by atoms with Gasteiger partial charge in [-0.05, 0) is 30.7 Å². The maximum atomic E-state index is 13.0. The number of alkyl halides is 3. The van der Waals surface area contributed by atoms with Crippen LogP contribution in [-0.4, -0.2) is 60.5 Å². The molecule has 2 N–H and O–H groups in total. The number of carbonyl (C=O) groups excluding carboxylic acids is 2. The van der Waals surface area contributed by atoms with E-state index in [9.17, 15) is 26.4 Å². The molecule has 200 valence electrons. The standard InChI is InChI=1S/C21H23ClN4O3S.C2HF3O2/c1-15(16-6-2-3-7-17(16)22)23-21(27)20-24-18(19-8-4-5-9-26(19)20)14-25-10-12-30(28,29)13-11-25;3-2(4,5)1(6)7/h2-9,15H,10-14H2,1H3,(H,23,27);(H,6,7). The molecule has 1 aliphatic rings. The molecule has 3 aromatic rings. The van der Waals surface area contributed by atoms with E-state index in [4.69, 9.17) is 21.5 Å². The number of imidazole rings is 1. The van der Waals surface area contributed by atoms with Gasteiger partial charge in [0.1, 0.15) is 18.2 Å². The molecule has 1 unspecified atom stereocenters. The summed E-state index contributed by atoms with van der Waals surface area (Å²) in [6, 6.07) is 12.8. The fourth-order valence-electron chi connectivity index (χ4n) is 3.80. The lowest BCUT2D eigenvalue weighted by Gasteiger charge is -2.22. The largest absolute Gasteiger partial charge is 0.542 e. The van der Waals surface area contributed by atoms with E-state index in [1.807, 2.05) is 49.5 Å². The third-order valence-corrected chi connectivity index (χ3v) is 7.73. The molecule has 0 aliphatic carbocycles. The van der Waals surface area contributed by atoms with Crippen LogP contribution in [0.4, 0.5) is 13.2 Å². The van der Waals surface area contributed by atoms with Crippen LogP contribution < -0.4 is 15.3 Å². The first-order valence-electron chi connectivity index (χ1n) is 11.1. The zero-order valence-electron chi connectivity index (χ0n) is 19.6. The van der Waals surface area contributed by atoms with Gasteiger partial charge in [0.05, 0.1) is 36.2 Å².